The van der Waals surface area contributed by atoms with Crippen molar-refractivity contribution in [1.29, 1.82) is 0 Å². The van der Waals surface area contributed by atoms with Crippen LogP contribution in [0.25, 0.3) is 0 Å². The number of hydrogen-bond acceptors (Lipinski definition) is 6. The van der Waals surface area contributed by atoms with Crippen molar-refractivity contribution in [2.45, 2.75) is 6.92 Å². The van der Waals surface area contributed by atoms with Crippen LogP contribution in [0.5, 0.6) is 0 Å². The van der Waals surface area contributed by atoms with Crippen molar-refractivity contribution in [2.75, 3.05) is 23.7 Å². The van der Waals surface area contributed by atoms with Crippen molar-refractivity contribution in [3.05, 3.63) is 34.2 Å². The minimum atomic E-state index is -3.49. The summed E-state index contributed by atoms with van der Waals surface area (Å²) in [5, 5.41) is 8.16. The molecule has 0 atom stereocenters. The molecule has 7 nitrogen and oxygen atoms in total. The predicted octanol–water partition coefficient (Wildman–Crippen LogP) is 1.24. The highest BCUT2D eigenvalue weighted by molar-refractivity contribution is 7.92. The molecule has 0 fully saturated rings. The van der Waals surface area contributed by atoms with Gasteiger partial charge in [0.25, 0.3) is 5.91 Å². The van der Waals surface area contributed by atoms with Crippen molar-refractivity contribution < 1.29 is 17.7 Å². The monoisotopic (exact) mass is 329 g/mol. The van der Waals surface area contributed by atoms with Gasteiger partial charge in [-0.1, -0.05) is 11.2 Å². The van der Waals surface area contributed by atoms with E-state index in [1.54, 1.807) is 24.4 Å². The zero-order chi connectivity index (χ0) is 15.5. The van der Waals surface area contributed by atoms with Crippen molar-refractivity contribution in [1.82, 2.24) is 10.5 Å². The Hall–Kier alpha value is -1.87. The van der Waals surface area contributed by atoms with Gasteiger partial charge in [-0.3, -0.25) is 4.79 Å². The molecule has 0 radical (unpaired) electrons. The second-order valence-electron chi connectivity index (χ2n) is 4.36. The number of aryl methyl sites for hydroxylation is 1. The van der Waals surface area contributed by atoms with E-state index in [4.69, 9.17) is 4.52 Å². The Bertz CT molecular complexity index is 707. The van der Waals surface area contributed by atoms with Crippen molar-refractivity contribution in [3.8, 4) is 0 Å². The molecule has 0 aliphatic carbocycles. The Labute approximate surface area is 126 Å². The summed E-state index contributed by atoms with van der Waals surface area (Å²) in [5.74, 6) is 0.497. The highest BCUT2D eigenvalue weighted by Crippen LogP contribution is 2.16. The average Bonchev–Trinajstić information content (AvgIpc) is 3.04. The molecular weight excluding hydrogens is 314 g/mol. The maximum atomic E-state index is 11.8. The molecule has 0 aromatic carbocycles. The molecule has 0 aliphatic rings. The lowest BCUT2D eigenvalue weighted by molar-refractivity contribution is 0.0959. The molecule has 0 spiro atoms. The fourth-order valence-electron chi connectivity index (χ4n) is 1.69. The van der Waals surface area contributed by atoms with Crippen LogP contribution < -0.4 is 9.62 Å². The molecule has 9 heteroatoms. The van der Waals surface area contributed by atoms with E-state index in [1.165, 1.54) is 17.4 Å². The van der Waals surface area contributed by atoms with Gasteiger partial charge in [0.05, 0.1) is 17.7 Å². The summed E-state index contributed by atoms with van der Waals surface area (Å²) in [7, 11) is -3.49. The molecule has 0 aliphatic heterocycles. The van der Waals surface area contributed by atoms with E-state index in [9.17, 15) is 13.2 Å². The van der Waals surface area contributed by atoms with Crippen LogP contribution in [-0.4, -0.2) is 38.8 Å². The first kappa shape index (κ1) is 15.5. The van der Waals surface area contributed by atoms with E-state index < -0.39 is 10.0 Å². The topological polar surface area (TPSA) is 92.5 Å². The molecule has 1 amide bonds. The SMILES string of the molecule is Cc1cc(N(CCNC(=O)c2cccs2)S(C)(=O)=O)no1. The normalized spacial score (nSPS) is 11.3. The number of thiophene rings is 1. The van der Waals surface area contributed by atoms with E-state index in [-0.39, 0.29) is 24.8 Å². The van der Waals surface area contributed by atoms with Crippen LogP contribution in [0.4, 0.5) is 5.82 Å². The number of aromatic nitrogens is 1. The van der Waals surface area contributed by atoms with Crippen LogP contribution in [0.3, 0.4) is 0 Å². The summed E-state index contributed by atoms with van der Waals surface area (Å²) in [4.78, 5) is 12.4. The highest BCUT2D eigenvalue weighted by atomic mass is 32.2. The lowest BCUT2D eigenvalue weighted by atomic mass is 10.4. The Morgan fingerprint density at radius 3 is 2.81 bits per heavy atom. The summed E-state index contributed by atoms with van der Waals surface area (Å²) >= 11 is 1.32. The molecule has 0 saturated heterocycles. The maximum Gasteiger partial charge on any atom is 0.261 e. The van der Waals surface area contributed by atoms with Crippen LogP contribution in [0.15, 0.2) is 28.1 Å². The zero-order valence-electron chi connectivity index (χ0n) is 11.6. The van der Waals surface area contributed by atoms with Gasteiger partial charge in [-0.15, -0.1) is 11.3 Å². The number of rotatable bonds is 6. The third kappa shape index (κ3) is 4.05. The number of anilines is 1. The Kier molecular flexibility index (Phi) is 4.63. The van der Waals surface area contributed by atoms with Crippen molar-refractivity contribution in [3.63, 3.8) is 0 Å². The Morgan fingerprint density at radius 1 is 1.52 bits per heavy atom. The molecule has 114 valence electrons. The summed E-state index contributed by atoms with van der Waals surface area (Å²) in [5.41, 5.74) is 0. The van der Waals surface area contributed by atoms with Crippen LogP contribution in [-0.2, 0) is 10.0 Å². The average molecular weight is 329 g/mol. The quantitative estimate of drug-likeness (QED) is 0.861. The molecule has 2 rings (SSSR count). The smallest absolute Gasteiger partial charge is 0.261 e. The number of carbonyl (C=O) groups is 1. The van der Waals surface area contributed by atoms with Gasteiger partial charge in [-0.05, 0) is 18.4 Å². The molecule has 2 aromatic heterocycles. The van der Waals surface area contributed by atoms with Crippen LogP contribution >= 0.6 is 11.3 Å². The van der Waals surface area contributed by atoms with Gasteiger partial charge in [-0.25, -0.2) is 12.7 Å². The minimum Gasteiger partial charge on any atom is -0.360 e. The lowest BCUT2D eigenvalue weighted by Gasteiger charge is -2.19. The van der Waals surface area contributed by atoms with E-state index in [2.05, 4.69) is 10.5 Å². The van der Waals surface area contributed by atoms with Gasteiger partial charge in [0.2, 0.25) is 10.0 Å². The third-order valence-electron chi connectivity index (χ3n) is 2.62. The zero-order valence-corrected chi connectivity index (χ0v) is 13.2. The Balaban J connectivity index is 1.99. The van der Waals surface area contributed by atoms with Crippen molar-refractivity contribution >= 4 is 33.1 Å². The molecule has 1 N–H and O–H groups in total. The number of nitrogens with zero attached hydrogens (tertiary/aromatic N) is 2. The third-order valence-corrected chi connectivity index (χ3v) is 4.66. The molecule has 0 saturated carbocycles. The van der Waals surface area contributed by atoms with Gasteiger partial charge in [0.1, 0.15) is 5.76 Å². The molecule has 2 aromatic rings. The molecular formula is C12H15N3O4S2. The highest BCUT2D eigenvalue weighted by Gasteiger charge is 2.20. The predicted molar refractivity (Wildman–Crippen MR) is 80.1 cm³/mol. The second-order valence-corrected chi connectivity index (χ2v) is 7.22. The summed E-state index contributed by atoms with van der Waals surface area (Å²) in [6.45, 7) is 1.94. The first-order chi connectivity index (χ1) is 9.88. The first-order valence-electron chi connectivity index (χ1n) is 6.10. The Morgan fingerprint density at radius 2 is 2.29 bits per heavy atom. The number of carbonyl (C=O) groups excluding carboxylic acids is 1. The fourth-order valence-corrected chi connectivity index (χ4v) is 3.18. The minimum absolute atomic E-state index is 0.0852. The van der Waals surface area contributed by atoms with E-state index in [0.717, 1.165) is 10.6 Å². The molecule has 21 heavy (non-hydrogen) atoms. The molecule has 2 heterocycles. The largest absolute Gasteiger partial charge is 0.360 e. The van der Waals surface area contributed by atoms with Crippen LogP contribution in [0, 0.1) is 6.92 Å². The number of hydrogen-bond donors (Lipinski definition) is 1. The second kappa shape index (κ2) is 6.27. The van der Waals surface area contributed by atoms with E-state index in [1.807, 2.05) is 0 Å². The lowest BCUT2D eigenvalue weighted by Crippen LogP contribution is -2.38. The first-order valence-corrected chi connectivity index (χ1v) is 8.83. The van der Waals surface area contributed by atoms with Gasteiger partial charge < -0.3 is 9.84 Å². The van der Waals surface area contributed by atoms with Gasteiger partial charge in [0.15, 0.2) is 5.82 Å². The van der Waals surface area contributed by atoms with Crippen molar-refractivity contribution in [2.24, 2.45) is 0 Å². The van der Waals surface area contributed by atoms with Gasteiger partial charge in [-0.2, -0.15) is 0 Å². The number of sulfonamides is 1. The standard InChI is InChI=1S/C12H15N3O4S2/c1-9-8-11(14-19-9)15(21(2,17)18)6-5-13-12(16)10-4-3-7-20-10/h3-4,7-8H,5-6H2,1-2H3,(H,13,16). The summed E-state index contributed by atoms with van der Waals surface area (Å²) in [6, 6.07) is 5.01. The summed E-state index contributed by atoms with van der Waals surface area (Å²) < 4.78 is 29.5. The maximum absolute atomic E-state index is 11.8. The van der Waals surface area contributed by atoms with E-state index >= 15 is 0 Å². The van der Waals surface area contributed by atoms with E-state index in [0.29, 0.717) is 10.6 Å². The fraction of sp³-hybridized carbons (Fsp3) is 0.333. The molecule has 0 unspecified atom stereocenters. The van der Waals surface area contributed by atoms with Crippen LogP contribution in [0.2, 0.25) is 0 Å². The number of nitrogens with one attached hydrogen (secondary N) is 1. The molecule has 0 bridgehead atoms. The van der Waals surface area contributed by atoms with Gasteiger partial charge >= 0.3 is 0 Å². The van der Waals surface area contributed by atoms with Crippen LogP contribution in [0.1, 0.15) is 15.4 Å². The number of amides is 1. The summed E-state index contributed by atoms with van der Waals surface area (Å²) in [6.07, 6.45) is 1.08. The van der Waals surface area contributed by atoms with Gasteiger partial charge in [0, 0.05) is 12.6 Å².